The van der Waals surface area contributed by atoms with Crippen LogP contribution in [-0.2, 0) is 9.59 Å². The molecule has 1 saturated heterocycles. The third kappa shape index (κ3) is 6.91. The number of carboxylic acids is 1. The van der Waals surface area contributed by atoms with Crippen molar-refractivity contribution >= 4 is 57.0 Å². The fourth-order valence-electron chi connectivity index (χ4n) is 3.82. The Kier molecular flexibility index (Phi) is 9.10. The Balaban J connectivity index is 1.42. The fraction of sp³-hybridized carbons (Fsp3) is 0.400. The summed E-state index contributed by atoms with van der Waals surface area (Å²) < 4.78 is 0.648. The zero-order chi connectivity index (χ0) is 22.1. The Morgan fingerprint density at radius 1 is 0.935 bits per heavy atom. The van der Waals surface area contributed by atoms with Gasteiger partial charge in [0.1, 0.15) is 4.32 Å². The summed E-state index contributed by atoms with van der Waals surface area (Å²) in [6.07, 6.45) is 10.6. The van der Waals surface area contributed by atoms with Crippen molar-refractivity contribution in [3.05, 3.63) is 52.9 Å². The highest BCUT2D eigenvalue weighted by molar-refractivity contribution is 8.26. The molecule has 1 fully saturated rings. The number of thiocarbonyl (C=S) groups is 1. The monoisotopic (exact) mass is 455 g/mol. The van der Waals surface area contributed by atoms with Crippen LogP contribution >= 0.6 is 24.0 Å². The van der Waals surface area contributed by atoms with Gasteiger partial charge in [0, 0.05) is 13.0 Å². The number of hydrogen-bond donors (Lipinski definition) is 1. The summed E-state index contributed by atoms with van der Waals surface area (Å²) in [4.78, 5) is 25.8. The van der Waals surface area contributed by atoms with Gasteiger partial charge < -0.3 is 5.11 Å². The van der Waals surface area contributed by atoms with Gasteiger partial charge in [-0.1, -0.05) is 105 Å². The van der Waals surface area contributed by atoms with Crippen molar-refractivity contribution in [3.8, 4) is 0 Å². The van der Waals surface area contributed by atoms with Crippen molar-refractivity contribution in [3.63, 3.8) is 0 Å². The summed E-state index contributed by atoms with van der Waals surface area (Å²) >= 11 is 6.86. The van der Waals surface area contributed by atoms with E-state index in [1.165, 1.54) is 11.8 Å². The van der Waals surface area contributed by atoms with Gasteiger partial charge >= 0.3 is 5.97 Å². The van der Waals surface area contributed by atoms with Crippen molar-refractivity contribution in [2.45, 2.75) is 57.8 Å². The van der Waals surface area contributed by atoms with E-state index in [-0.39, 0.29) is 12.3 Å². The number of fused-ring (bicyclic) bond motifs is 1. The summed E-state index contributed by atoms with van der Waals surface area (Å²) in [5, 5.41) is 10.9. The van der Waals surface area contributed by atoms with E-state index >= 15 is 0 Å². The summed E-state index contributed by atoms with van der Waals surface area (Å²) in [6, 6.07) is 14.3. The van der Waals surface area contributed by atoms with Crippen LogP contribution in [0.4, 0.5) is 0 Å². The molecule has 1 N–H and O–H groups in total. The van der Waals surface area contributed by atoms with Crippen LogP contribution < -0.4 is 0 Å². The fourth-order valence-corrected chi connectivity index (χ4v) is 5.12. The minimum Gasteiger partial charge on any atom is -0.481 e. The van der Waals surface area contributed by atoms with E-state index in [0.29, 0.717) is 15.8 Å². The molecule has 2 aromatic rings. The molecule has 6 heteroatoms. The molecule has 1 aliphatic rings. The van der Waals surface area contributed by atoms with Gasteiger partial charge in [0.15, 0.2) is 0 Å². The molecule has 0 bridgehead atoms. The Labute approximate surface area is 193 Å². The summed E-state index contributed by atoms with van der Waals surface area (Å²) in [5.74, 6) is -0.691. The van der Waals surface area contributed by atoms with Gasteiger partial charge in [-0.25, -0.2) is 0 Å². The molecule has 0 saturated carbocycles. The minimum absolute atomic E-state index is 0.0152. The van der Waals surface area contributed by atoms with Crippen LogP contribution in [0.5, 0.6) is 0 Å². The lowest BCUT2D eigenvalue weighted by Gasteiger charge is -2.14. The average molecular weight is 456 g/mol. The molecule has 0 atom stereocenters. The SMILES string of the molecule is O=C(O)CCCCCCCCCCN1C(=O)C(=Cc2cccc3ccccc23)SC1=S. The van der Waals surface area contributed by atoms with Crippen LogP contribution in [0.3, 0.4) is 0 Å². The Bertz CT molecular complexity index is 965. The Hall–Kier alpha value is -2.18. The van der Waals surface area contributed by atoms with E-state index in [0.717, 1.165) is 67.7 Å². The van der Waals surface area contributed by atoms with E-state index in [9.17, 15) is 9.59 Å². The molecular formula is C25H29NO3S2. The maximum Gasteiger partial charge on any atom is 0.303 e. The van der Waals surface area contributed by atoms with Gasteiger partial charge in [-0.2, -0.15) is 0 Å². The highest BCUT2D eigenvalue weighted by Gasteiger charge is 2.31. The predicted molar refractivity (Wildman–Crippen MR) is 133 cm³/mol. The number of carbonyl (C=O) groups is 2. The van der Waals surface area contributed by atoms with E-state index in [1.54, 1.807) is 4.90 Å². The molecule has 3 rings (SSSR count). The lowest BCUT2D eigenvalue weighted by molar-refractivity contribution is -0.137. The quantitative estimate of drug-likeness (QED) is 0.221. The van der Waals surface area contributed by atoms with E-state index in [4.69, 9.17) is 17.3 Å². The molecule has 0 aliphatic carbocycles. The maximum atomic E-state index is 12.9. The normalized spacial score (nSPS) is 15.4. The first-order valence-corrected chi connectivity index (χ1v) is 12.2. The number of nitrogens with zero attached hydrogens (tertiary/aromatic N) is 1. The molecule has 1 amide bonds. The van der Waals surface area contributed by atoms with Gasteiger partial charge in [0.05, 0.1) is 4.91 Å². The maximum absolute atomic E-state index is 12.9. The van der Waals surface area contributed by atoms with Crippen molar-refractivity contribution in [1.82, 2.24) is 4.90 Å². The summed E-state index contributed by atoms with van der Waals surface area (Å²) in [7, 11) is 0. The second-order valence-corrected chi connectivity index (χ2v) is 9.55. The largest absolute Gasteiger partial charge is 0.481 e. The lowest BCUT2D eigenvalue weighted by atomic mass is 10.0. The summed E-state index contributed by atoms with van der Waals surface area (Å²) in [5.41, 5.74) is 1.04. The van der Waals surface area contributed by atoms with Gasteiger partial charge in [0.2, 0.25) is 0 Å². The first kappa shape index (κ1) is 23.5. The molecule has 1 aliphatic heterocycles. The molecule has 31 heavy (non-hydrogen) atoms. The molecule has 4 nitrogen and oxygen atoms in total. The van der Waals surface area contributed by atoms with Crippen molar-refractivity contribution in [1.29, 1.82) is 0 Å². The molecule has 0 spiro atoms. The lowest BCUT2D eigenvalue weighted by Crippen LogP contribution is -2.29. The minimum atomic E-state index is -0.706. The second-order valence-electron chi connectivity index (χ2n) is 7.87. The molecule has 0 radical (unpaired) electrons. The predicted octanol–water partition coefficient (Wildman–Crippen LogP) is 6.64. The number of aliphatic carboxylic acids is 1. The average Bonchev–Trinajstić information content (AvgIpc) is 3.02. The van der Waals surface area contributed by atoms with Gasteiger partial charge in [-0.05, 0) is 35.3 Å². The highest BCUT2D eigenvalue weighted by Crippen LogP contribution is 2.34. The van der Waals surface area contributed by atoms with Crippen LogP contribution in [0.25, 0.3) is 16.8 Å². The topological polar surface area (TPSA) is 57.6 Å². The standard InChI is InChI=1S/C25H29NO3S2/c27-23(28)16-7-5-3-1-2-4-6-10-17-26-24(29)22(31-25(26)30)18-20-14-11-13-19-12-8-9-15-21(19)20/h8-9,11-15,18H,1-7,10,16-17H2,(H,27,28). The molecule has 2 aromatic carbocycles. The molecular weight excluding hydrogens is 426 g/mol. The number of unbranched alkanes of at least 4 members (excludes halogenated alkanes) is 7. The van der Waals surface area contributed by atoms with Crippen molar-refractivity contribution < 1.29 is 14.7 Å². The molecule has 164 valence electrons. The smallest absolute Gasteiger partial charge is 0.303 e. The Morgan fingerprint density at radius 2 is 1.58 bits per heavy atom. The molecule has 0 unspecified atom stereocenters. The van der Waals surface area contributed by atoms with E-state index < -0.39 is 5.97 Å². The molecule has 0 aromatic heterocycles. The van der Waals surface area contributed by atoms with Gasteiger partial charge in [-0.15, -0.1) is 0 Å². The molecule has 1 heterocycles. The first-order chi connectivity index (χ1) is 15.1. The number of benzene rings is 2. The van der Waals surface area contributed by atoms with E-state index in [2.05, 4.69) is 18.2 Å². The second kappa shape index (κ2) is 12.0. The highest BCUT2D eigenvalue weighted by atomic mass is 32.2. The van der Waals surface area contributed by atoms with Crippen molar-refractivity contribution in [2.75, 3.05) is 6.54 Å². The number of hydrogen-bond acceptors (Lipinski definition) is 4. The van der Waals surface area contributed by atoms with Crippen LogP contribution in [0.1, 0.15) is 63.4 Å². The zero-order valence-electron chi connectivity index (χ0n) is 17.7. The third-order valence-electron chi connectivity index (χ3n) is 5.51. The Morgan fingerprint density at radius 3 is 2.32 bits per heavy atom. The third-order valence-corrected chi connectivity index (χ3v) is 6.88. The van der Waals surface area contributed by atoms with Gasteiger partial charge in [-0.3, -0.25) is 14.5 Å². The van der Waals surface area contributed by atoms with Gasteiger partial charge in [0.25, 0.3) is 5.91 Å². The van der Waals surface area contributed by atoms with Crippen molar-refractivity contribution in [2.24, 2.45) is 0 Å². The van der Waals surface area contributed by atoms with E-state index in [1.807, 2.05) is 30.3 Å². The zero-order valence-corrected chi connectivity index (χ0v) is 19.4. The number of rotatable bonds is 12. The number of amides is 1. The number of carbonyl (C=O) groups excluding carboxylic acids is 1. The summed E-state index contributed by atoms with van der Waals surface area (Å²) in [6.45, 7) is 0.677. The van der Waals surface area contributed by atoms with Crippen LogP contribution in [0.15, 0.2) is 47.4 Å². The first-order valence-electron chi connectivity index (χ1n) is 11.0. The van der Waals surface area contributed by atoms with Crippen LogP contribution in [0.2, 0.25) is 0 Å². The van der Waals surface area contributed by atoms with Crippen LogP contribution in [0, 0.1) is 0 Å². The van der Waals surface area contributed by atoms with Crippen LogP contribution in [-0.4, -0.2) is 32.7 Å². The number of thioether (sulfide) groups is 1. The number of carboxylic acid groups (broad SMARTS) is 1.